The van der Waals surface area contributed by atoms with Gasteiger partial charge in [0, 0.05) is 11.6 Å². The maximum Gasteiger partial charge on any atom is 0.408 e. The summed E-state index contributed by atoms with van der Waals surface area (Å²) in [6.45, 7) is 15.2. The molecule has 8 heteroatoms. The number of alkyl carbamates (subject to hydrolysis) is 1. The zero-order valence-electron chi connectivity index (χ0n) is 23.5. The monoisotopic (exact) mass is 519 g/mol. The number of rotatable bonds is 9. The quantitative estimate of drug-likeness (QED) is 0.463. The number of hydrogen-bond acceptors (Lipinski definition) is 5. The molecule has 1 saturated carbocycles. The molecule has 1 aromatic carbocycles. The summed E-state index contributed by atoms with van der Waals surface area (Å²) in [6.07, 6.45) is 4.45. The van der Waals surface area contributed by atoms with E-state index in [1.165, 1.54) is 0 Å². The normalized spacial score (nSPS) is 15.9. The minimum absolute atomic E-state index is 0.0645. The van der Waals surface area contributed by atoms with E-state index in [4.69, 9.17) is 4.74 Å². The Hall–Kier alpha value is -2.22. The predicted molar refractivity (Wildman–Crippen MR) is 147 cm³/mol. The molecule has 1 fully saturated rings. The van der Waals surface area contributed by atoms with Gasteiger partial charge in [-0.2, -0.15) is 11.8 Å². The largest absolute Gasteiger partial charge is 0.444 e. The van der Waals surface area contributed by atoms with Crippen molar-refractivity contribution >= 4 is 29.7 Å². The highest BCUT2D eigenvalue weighted by atomic mass is 32.2. The number of amides is 3. The van der Waals surface area contributed by atoms with Gasteiger partial charge < -0.3 is 20.3 Å². The minimum Gasteiger partial charge on any atom is -0.444 e. The van der Waals surface area contributed by atoms with E-state index in [1.807, 2.05) is 59.1 Å². The number of aryl methyl sites for hydroxylation is 1. The van der Waals surface area contributed by atoms with Gasteiger partial charge in [0.15, 0.2) is 0 Å². The molecule has 2 N–H and O–H groups in total. The first-order chi connectivity index (χ1) is 16.6. The average Bonchev–Trinajstić information content (AvgIpc) is 2.69. The summed E-state index contributed by atoms with van der Waals surface area (Å²) < 4.78 is 5.47. The fourth-order valence-corrected chi connectivity index (χ4v) is 4.70. The van der Waals surface area contributed by atoms with Crippen molar-refractivity contribution in [1.29, 1.82) is 0 Å². The smallest absolute Gasteiger partial charge is 0.408 e. The molecule has 0 aliphatic heterocycles. The first-order valence-corrected chi connectivity index (χ1v) is 14.2. The van der Waals surface area contributed by atoms with Crippen LogP contribution in [0.25, 0.3) is 0 Å². The van der Waals surface area contributed by atoms with Crippen LogP contribution >= 0.6 is 11.8 Å². The highest BCUT2D eigenvalue weighted by Crippen LogP contribution is 2.36. The van der Waals surface area contributed by atoms with Gasteiger partial charge in [-0.25, -0.2) is 4.79 Å². The molecule has 7 nitrogen and oxygen atoms in total. The van der Waals surface area contributed by atoms with Crippen molar-refractivity contribution in [2.45, 2.75) is 110 Å². The third-order valence-electron chi connectivity index (χ3n) is 6.29. The maximum atomic E-state index is 14.2. The second-order valence-corrected chi connectivity index (χ2v) is 12.7. The van der Waals surface area contributed by atoms with Gasteiger partial charge in [-0.05, 0) is 110 Å². The molecule has 1 aromatic rings. The summed E-state index contributed by atoms with van der Waals surface area (Å²) in [5.41, 5.74) is 1.72. The molecule has 1 aliphatic carbocycles. The van der Waals surface area contributed by atoms with Crippen LogP contribution in [0.4, 0.5) is 4.79 Å². The van der Waals surface area contributed by atoms with Crippen LogP contribution in [0.2, 0.25) is 0 Å². The average molecular weight is 520 g/mol. The number of hydrogen-bond donors (Lipinski definition) is 2. The van der Waals surface area contributed by atoms with Crippen molar-refractivity contribution in [1.82, 2.24) is 15.5 Å². The standard InChI is InChI=1S/C28H45N3O4S/c1-18-12-10-15-21(19(18)2)23(24(32)30-27(3,4)5)31(20-13-11-14-20)25(33)22(16-17-36-9)29-26(34)35-28(6,7)8/h10,12,15,20,22-23H,11,13-14,16-17H2,1-9H3,(H,29,34)(H,30,32). The zero-order chi connectivity index (χ0) is 27.3. The van der Waals surface area contributed by atoms with Crippen molar-refractivity contribution < 1.29 is 19.1 Å². The topological polar surface area (TPSA) is 87.7 Å². The predicted octanol–water partition coefficient (Wildman–Crippen LogP) is 5.29. The van der Waals surface area contributed by atoms with Gasteiger partial charge in [-0.3, -0.25) is 9.59 Å². The van der Waals surface area contributed by atoms with Gasteiger partial charge in [0.1, 0.15) is 17.7 Å². The Morgan fingerprint density at radius 2 is 1.75 bits per heavy atom. The van der Waals surface area contributed by atoms with Gasteiger partial charge in [0.05, 0.1) is 0 Å². The molecular formula is C28H45N3O4S. The first-order valence-electron chi connectivity index (χ1n) is 12.8. The van der Waals surface area contributed by atoms with Crippen LogP contribution in [0, 0.1) is 13.8 Å². The number of ether oxygens (including phenoxy) is 1. The molecule has 202 valence electrons. The zero-order valence-corrected chi connectivity index (χ0v) is 24.3. The fourth-order valence-electron chi connectivity index (χ4n) is 4.23. The Balaban J connectivity index is 2.54. The summed E-state index contributed by atoms with van der Waals surface area (Å²) in [4.78, 5) is 42.5. The van der Waals surface area contributed by atoms with Crippen molar-refractivity contribution in [3.63, 3.8) is 0 Å². The van der Waals surface area contributed by atoms with E-state index < -0.39 is 29.3 Å². The van der Waals surface area contributed by atoms with E-state index in [9.17, 15) is 14.4 Å². The van der Waals surface area contributed by atoms with Gasteiger partial charge in [0.25, 0.3) is 0 Å². The number of benzene rings is 1. The second-order valence-electron chi connectivity index (χ2n) is 11.7. The van der Waals surface area contributed by atoms with Crippen LogP contribution in [-0.2, 0) is 14.3 Å². The van der Waals surface area contributed by atoms with Gasteiger partial charge in [-0.1, -0.05) is 18.2 Å². The van der Waals surface area contributed by atoms with Crippen molar-refractivity contribution in [3.05, 3.63) is 34.9 Å². The Bertz CT molecular complexity index is 932. The second kappa shape index (κ2) is 12.3. The molecule has 0 radical (unpaired) electrons. The van der Waals surface area contributed by atoms with Gasteiger partial charge >= 0.3 is 6.09 Å². The first kappa shape index (κ1) is 30.0. The van der Waals surface area contributed by atoms with Crippen molar-refractivity contribution in [2.75, 3.05) is 12.0 Å². The highest BCUT2D eigenvalue weighted by Gasteiger charge is 2.43. The van der Waals surface area contributed by atoms with E-state index in [0.717, 1.165) is 36.0 Å². The van der Waals surface area contributed by atoms with Crippen LogP contribution in [0.1, 0.15) is 90.0 Å². The lowest BCUT2D eigenvalue weighted by atomic mass is 9.86. The van der Waals surface area contributed by atoms with Crippen molar-refractivity contribution in [2.24, 2.45) is 0 Å². The number of thioether (sulfide) groups is 1. The van der Waals surface area contributed by atoms with Crippen LogP contribution in [0.3, 0.4) is 0 Å². The van der Waals surface area contributed by atoms with Gasteiger partial charge in [0.2, 0.25) is 11.8 Å². The summed E-state index contributed by atoms with van der Waals surface area (Å²) in [5.74, 6) is 0.236. The van der Waals surface area contributed by atoms with Crippen LogP contribution < -0.4 is 10.6 Å². The van der Waals surface area contributed by atoms with E-state index in [0.29, 0.717) is 12.2 Å². The molecule has 0 bridgehead atoms. The lowest BCUT2D eigenvalue weighted by Gasteiger charge is -2.44. The molecule has 3 amide bonds. The molecule has 0 heterocycles. The van der Waals surface area contributed by atoms with Gasteiger partial charge in [-0.15, -0.1) is 0 Å². The summed E-state index contributed by atoms with van der Waals surface area (Å²) in [6, 6.07) is 4.24. The Kier molecular flexibility index (Phi) is 10.3. The molecule has 1 aliphatic rings. The summed E-state index contributed by atoms with van der Waals surface area (Å²) in [5, 5.41) is 5.92. The molecule has 0 spiro atoms. The molecular weight excluding hydrogens is 474 g/mol. The number of carbonyl (C=O) groups excluding carboxylic acids is 3. The lowest BCUT2D eigenvalue weighted by Crippen LogP contribution is -2.58. The third kappa shape index (κ3) is 8.43. The molecule has 2 atom stereocenters. The number of nitrogens with one attached hydrogen (secondary N) is 2. The highest BCUT2D eigenvalue weighted by molar-refractivity contribution is 7.98. The number of nitrogens with zero attached hydrogens (tertiary/aromatic N) is 1. The van der Waals surface area contributed by atoms with E-state index >= 15 is 0 Å². The Morgan fingerprint density at radius 3 is 2.25 bits per heavy atom. The molecule has 0 aromatic heterocycles. The van der Waals surface area contributed by atoms with E-state index in [1.54, 1.807) is 37.4 Å². The molecule has 2 rings (SSSR count). The molecule has 0 saturated heterocycles. The van der Waals surface area contributed by atoms with E-state index in [2.05, 4.69) is 10.6 Å². The SMILES string of the molecule is CSCCC(NC(=O)OC(C)(C)C)C(=O)N(C1CCC1)C(C(=O)NC(C)(C)C)c1cccc(C)c1C. The minimum atomic E-state index is -0.792. The Labute approximate surface area is 221 Å². The van der Waals surface area contributed by atoms with Crippen LogP contribution in [-0.4, -0.2) is 58.0 Å². The van der Waals surface area contributed by atoms with Crippen LogP contribution in [0.15, 0.2) is 18.2 Å². The lowest BCUT2D eigenvalue weighted by molar-refractivity contribution is -0.148. The Morgan fingerprint density at radius 1 is 1.11 bits per heavy atom. The summed E-state index contributed by atoms with van der Waals surface area (Å²) >= 11 is 1.61. The van der Waals surface area contributed by atoms with Crippen LogP contribution in [0.5, 0.6) is 0 Å². The third-order valence-corrected chi connectivity index (χ3v) is 6.93. The van der Waals surface area contributed by atoms with E-state index in [-0.39, 0.29) is 17.9 Å². The van der Waals surface area contributed by atoms with Crippen molar-refractivity contribution in [3.8, 4) is 0 Å². The molecule has 2 unspecified atom stereocenters. The summed E-state index contributed by atoms with van der Waals surface area (Å²) in [7, 11) is 0. The maximum absolute atomic E-state index is 14.2. The number of carbonyl (C=O) groups is 3. The fraction of sp³-hybridized carbons (Fsp3) is 0.679. The molecule has 36 heavy (non-hydrogen) atoms.